The van der Waals surface area contributed by atoms with Gasteiger partial charge in [-0.05, 0) is 51.4 Å². The molecule has 0 spiro atoms. The summed E-state index contributed by atoms with van der Waals surface area (Å²) in [6.07, 6.45) is 58.7. The van der Waals surface area contributed by atoms with Crippen LogP contribution in [0.1, 0.15) is 264 Å². The van der Waals surface area contributed by atoms with Crippen LogP contribution in [-0.2, 0) is 23.7 Å². The number of allylic oxidation sites excluding steroid dienone is 8. The van der Waals surface area contributed by atoms with E-state index in [-0.39, 0.29) is 19.2 Å². The molecule has 0 radical (unpaired) electrons. The zero-order chi connectivity index (χ0) is 49.9. The van der Waals surface area contributed by atoms with Gasteiger partial charge in [0.25, 0.3) is 0 Å². The lowest BCUT2D eigenvalue weighted by molar-refractivity contribution is -0.305. The van der Waals surface area contributed by atoms with Crippen molar-refractivity contribution in [3.63, 3.8) is 0 Å². The summed E-state index contributed by atoms with van der Waals surface area (Å²) >= 11 is 0. The van der Waals surface area contributed by atoms with Crippen LogP contribution in [0.4, 0.5) is 0 Å². The van der Waals surface area contributed by atoms with Gasteiger partial charge in [-0.1, -0.05) is 255 Å². The maximum absolute atomic E-state index is 12.9. The summed E-state index contributed by atoms with van der Waals surface area (Å²) in [4.78, 5) is 12.9. The second-order valence-corrected chi connectivity index (χ2v) is 20.1. The SMILES string of the molecule is CC/C=C\C/C=C\C/C=C\C/C=C\CCCCCCCCCCCCC(=O)OC(COCCCCCCCCCCCCCCCCCCCCCCCCC)COC1OC(CO)C(O)C(O)C1O. The van der Waals surface area contributed by atoms with Gasteiger partial charge in [0.15, 0.2) is 6.29 Å². The average molecular weight is 976 g/mol. The van der Waals surface area contributed by atoms with Crippen LogP contribution in [0.25, 0.3) is 0 Å². The fourth-order valence-corrected chi connectivity index (χ4v) is 9.02. The van der Waals surface area contributed by atoms with Crippen molar-refractivity contribution in [1.29, 1.82) is 0 Å². The highest BCUT2D eigenvalue weighted by Gasteiger charge is 2.44. The van der Waals surface area contributed by atoms with E-state index in [1.807, 2.05) is 0 Å². The third-order valence-electron chi connectivity index (χ3n) is 13.5. The molecule has 0 aromatic rings. The first kappa shape index (κ1) is 65.2. The van der Waals surface area contributed by atoms with Crippen LogP contribution in [0.2, 0.25) is 0 Å². The summed E-state index contributed by atoms with van der Waals surface area (Å²) in [5.41, 5.74) is 0. The van der Waals surface area contributed by atoms with E-state index in [0.29, 0.717) is 13.0 Å². The van der Waals surface area contributed by atoms with Gasteiger partial charge in [-0.3, -0.25) is 4.79 Å². The van der Waals surface area contributed by atoms with Gasteiger partial charge in [0.05, 0.1) is 19.8 Å². The Hall–Kier alpha value is -1.85. The number of carbonyl (C=O) groups excluding carboxylic acids is 1. The topological polar surface area (TPSA) is 135 Å². The third kappa shape index (κ3) is 41.3. The molecule has 0 bridgehead atoms. The minimum Gasteiger partial charge on any atom is -0.457 e. The number of hydrogen-bond donors (Lipinski definition) is 4. The van der Waals surface area contributed by atoms with Gasteiger partial charge in [-0.15, -0.1) is 0 Å². The monoisotopic (exact) mass is 975 g/mol. The zero-order valence-electron chi connectivity index (χ0n) is 44.8. The Kier molecular flexibility index (Phi) is 48.2. The molecule has 9 heteroatoms. The van der Waals surface area contributed by atoms with Crippen LogP contribution in [-0.4, -0.2) is 89.6 Å². The van der Waals surface area contributed by atoms with Crippen LogP contribution in [0.15, 0.2) is 48.6 Å². The Morgan fingerprint density at radius 1 is 0.478 bits per heavy atom. The quantitative estimate of drug-likeness (QED) is 0.0267. The Morgan fingerprint density at radius 3 is 1.33 bits per heavy atom. The minimum atomic E-state index is -1.54. The number of unbranched alkanes of at least 4 members (excludes halogenated alkanes) is 32. The molecule has 1 aliphatic heterocycles. The van der Waals surface area contributed by atoms with Gasteiger partial charge in [-0.25, -0.2) is 0 Å². The molecule has 404 valence electrons. The van der Waals surface area contributed by atoms with Crippen molar-refractivity contribution < 1.29 is 44.2 Å². The molecule has 1 aliphatic rings. The Labute approximate surface area is 424 Å². The lowest BCUT2D eigenvalue weighted by Crippen LogP contribution is -2.59. The van der Waals surface area contributed by atoms with E-state index in [9.17, 15) is 25.2 Å². The van der Waals surface area contributed by atoms with Gasteiger partial charge in [0, 0.05) is 13.0 Å². The van der Waals surface area contributed by atoms with Gasteiger partial charge >= 0.3 is 5.97 Å². The number of aliphatic hydroxyl groups excluding tert-OH is 4. The predicted octanol–water partition coefficient (Wildman–Crippen LogP) is 15.2. The predicted molar refractivity (Wildman–Crippen MR) is 288 cm³/mol. The molecule has 1 fully saturated rings. The van der Waals surface area contributed by atoms with Crippen LogP contribution in [0.3, 0.4) is 0 Å². The van der Waals surface area contributed by atoms with E-state index < -0.39 is 43.4 Å². The number of hydrogen-bond acceptors (Lipinski definition) is 9. The second kappa shape index (κ2) is 51.1. The molecule has 9 nitrogen and oxygen atoms in total. The summed E-state index contributed by atoms with van der Waals surface area (Å²) in [6.45, 7) is 4.49. The molecular weight excluding hydrogens is 865 g/mol. The molecule has 0 saturated carbocycles. The molecule has 6 atom stereocenters. The summed E-state index contributed by atoms with van der Waals surface area (Å²) in [5, 5.41) is 40.4. The van der Waals surface area contributed by atoms with Crippen molar-refractivity contribution in [2.24, 2.45) is 0 Å². The first-order valence-electron chi connectivity index (χ1n) is 29.2. The lowest BCUT2D eigenvalue weighted by atomic mass is 9.99. The number of carbonyl (C=O) groups is 1. The largest absolute Gasteiger partial charge is 0.457 e. The van der Waals surface area contributed by atoms with Crippen LogP contribution < -0.4 is 0 Å². The van der Waals surface area contributed by atoms with E-state index >= 15 is 0 Å². The fraction of sp³-hybridized carbons (Fsp3) is 0.850. The summed E-state index contributed by atoms with van der Waals surface area (Å²) < 4.78 is 23.0. The van der Waals surface area contributed by atoms with Crippen LogP contribution >= 0.6 is 0 Å². The normalized spacial score (nSPS) is 19.3. The Morgan fingerprint density at radius 2 is 0.884 bits per heavy atom. The third-order valence-corrected chi connectivity index (χ3v) is 13.5. The lowest BCUT2D eigenvalue weighted by Gasteiger charge is -2.39. The maximum atomic E-state index is 12.9. The van der Waals surface area contributed by atoms with Crippen molar-refractivity contribution >= 4 is 5.97 Å². The zero-order valence-corrected chi connectivity index (χ0v) is 44.8. The summed E-state index contributed by atoms with van der Waals surface area (Å²) in [7, 11) is 0. The molecule has 0 amide bonds. The van der Waals surface area contributed by atoms with Gasteiger partial charge < -0.3 is 39.4 Å². The summed E-state index contributed by atoms with van der Waals surface area (Å²) in [6, 6.07) is 0. The molecule has 1 saturated heterocycles. The molecule has 0 aliphatic carbocycles. The van der Waals surface area contributed by atoms with E-state index in [4.69, 9.17) is 18.9 Å². The van der Waals surface area contributed by atoms with E-state index in [2.05, 4.69) is 62.5 Å². The molecular formula is C60H110O9. The van der Waals surface area contributed by atoms with Crippen molar-refractivity contribution in [1.82, 2.24) is 0 Å². The van der Waals surface area contributed by atoms with E-state index in [1.54, 1.807) is 0 Å². The smallest absolute Gasteiger partial charge is 0.306 e. The molecule has 1 rings (SSSR count). The fourth-order valence-electron chi connectivity index (χ4n) is 9.02. The van der Waals surface area contributed by atoms with Crippen LogP contribution in [0, 0.1) is 0 Å². The molecule has 4 N–H and O–H groups in total. The molecule has 69 heavy (non-hydrogen) atoms. The van der Waals surface area contributed by atoms with Gasteiger partial charge in [0.1, 0.15) is 30.5 Å². The Balaban J connectivity index is 2.14. The number of esters is 1. The highest BCUT2D eigenvalue weighted by atomic mass is 16.7. The summed E-state index contributed by atoms with van der Waals surface area (Å²) in [5.74, 6) is -0.314. The van der Waals surface area contributed by atoms with Crippen molar-refractivity contribution in [2.75, 3.05) is 26.4 Å². The number of rotatable bonds is 51. The number of aliphatic hydroxyl groups is 4. The van der Waals surface area contributed by atoms with Crippen molar-refractivity contribution in [3.05, 3.63) is 48.6 Å². The average Bonchev–Trinajstić information content (AvgIpc) is 3.35. The first-order chi connectivity index (χ1) is 33.9. The molecule has 6 unspecified atom stereocenters. The minimum absolute atomic E-state index is 0.113. The Bertz CT molecular complexity index is 1200. The highest BCUT2D eigenvalue weighted by Crippen LogP contribution is 2.23. The standard InChI is InChI=1S/C60H110O9/c1-3-5-7-9-11-13-15-17-19-21-23-25-27-29-31-33-35-37-39-41-43-45-47-49-56(62)68-54(53-67-60-59(65)58(64)57(63)55(51-61)69-60)52-66-50-48-46-44-42-40-38-36-34-32-30-28-26-24-22-20-18-16-14-12-10-8-6-4-2/h5,7,11,13,17,19,23,25,54-55,57-61,63-65H,3-4,6,8-10,12,14-16,18,20-22,24,26-53H2,1-2H3/b7-5-,13-11-,19-17-,25-23-. The van der Waals surface area contributed by atoms with Gasteiger partial charge in [-0.2, -0.15) is 0 Å². The van der Waals surface area contributed by atoms with Crippen LogP contribution in [0.5, 0.6) is 0 Å². The van der Waals surface area contributed by atoms with Gasteiger partial charge in [0.2, 0.25) is 0 Å². The highest BCUT2D eigenvalue weighted by molar-refractivity contribution is 5.69. The molecule has 0 aromatic heterocycles. The number of ether oxygens (including phenoxy) is 4. The first-order valence-corrected chi connectivity index (χ1v) is 29.2. The maximum Gasteiger partial charge on any atom is 0.306 e. The molecule has 1 heterocycles. The molecule has 0 aromatic carbocycles. The second-order valence-electron chi connectivity index (χ2n) is 20.1. The van der Waals surface area contributed by atoms with E-state index in [1.165, 1.54) is 186 Å². The van der Waals surface area contributed by atoms with E-state index in [0.717, 1.165) is 57.8 Å². The van der Waals surface area contributed by atoms with Crippen molar-refractivity contribution in [2.45, 2.75) is 301 Å². The van der Waals surface area contributed by atoms with Crippen molar-refractivity contribution in [3.8, 4) is 0 Å².